The molecule has 0 saturated carbocycles. The second kappa shape index (κ2) is 11.8. The molecule has 182 valence electrons. The average molecular weight is 463 g/mol. The van der Waals surface area contributed by atoms with E-state index in [4.69, 9.17) is 10.5 Å². The highest BCUT2D eigenvalue weighted by Crippen LogP contribution is 2.21. The summed E-state index contributed by atoms with van der Waals surface area (Å²) < 4.78 is 5.11. The van der Waals surface area contributed by atoms with Crippen LogP contribution in [-0.2, 0) is 20.8 Å². The van der Waals surface area contributed by atoms with Gasteiger partial charge >= 0.3 is 0 Å². The Hall–Kier alpha value is -2.95. The maximum Gasteiger partial charge on any atom is 0.247 e. The Labute approximate surface area is 193 Å². The summed E-state index contributed by atoms with van der Waals surface area (Å²) in [5, 5.41) is 28.8. The molecule has 0 spiro atoms. The first kappa shape index (κ1) is 26.3. The van der Waals surface area contributed by atoms with Crippen molar-refractivity contribution in [1.82, 2.24) is 16.0 Å². The third-order valence-corrected chi connectivity index (χ3v) is 5.68. The van der Waals surface area contributed by atoms with Gasteiger partial charge in [-0.3, -0.25) is 14.4 Å². The van der Waals surface area contributed by atoms with Gasteiger partial charge in [0, 0.05) is 18.4 Å². The van der Waals surface area contributed by atoms with E-state index in [0.717, 1.165) is 5.56 Å². The molecule has 0 saturated heterocycles. The molecular formula is C23H34N4O6. The molecule has 1 aliphatic carbocycles. The molecule has 1 aromatic rings. The van der Waals surface area contributed by atoms with Crippen molar-refractivity contribution < 1.29 is 29.3 Å². The first-order chi connectivity index (χ1) is 15.6. The number of hydrogen-bond donors (Lipinski definition) is 6. The molecule has 2 rings (SSSR count). The van der Waals surface area contributed by atoms with E-state index in [1.54, 1.807) is 38.4 Å². The lowest BCUT2D eigenvalue weighted by Gasteiger charge is -2.32. The molecule has 5 atom stereocenters. The third kappa shape index (κ3) is 7.01. The molecule has 0 radical (unpaired) electrons. The van der Waals surface area contributed by atoms with Crippen molar-refractivity contribution in [3.8, 4) is 5.75 Å². The minimum Gasteiger partial charge on any atom is -0.497 e. The van der Waals surface area contributed by atoms with Crippen LogP contribution in [0.1, 0.15) is 25.8 Å². The Morgan fingerprint density at radius 2 is 1.82 bits per heavy atom. The van der Waals surface area contributed by atoms with Crippen LogP contribution in [0.15, 0.2) is 35.9 Å². The van der Waals surface area contributed by atoms with Crippen molar-refractivity contribution in [2.24, 2.45) is 11.7 Å². The van der Waals surface area contributed by atoms with Gasteiger partial charge in [-0.05, 0) is 30.7 Å². The number of methoxy groups -OCH3 is 1. The summed E-state index contributed by atoms with van der Waals surface area (Å²) >= 11 is 0. The van der Waals surface area contributed by atoms with Gasteiger partial charge in [-0.25, -0.2) is 0 Å². The SMILES string of the molecule is CNC(C(=O)NC1C=C(C(=O)NC(Cc2ccc(OC)cc2)C(N)=O)CC(O)C1O)C(C)C. The monoisotopic (exact) mass is 462 g/mol. The fourth-order valence-electron chi connectivity index (χ4n) is 3.76. The molecule has 0 aliphatic heterocycles. The highest BCUT2D eigenvalue weighted by Gasteiger charge is 2.35. The number of likely N-dealkylation sites (N-methyl/N-ethyl adjacent to an activating group) is 1. The van der Waals surface area contributed by atoms with E-state index in [1.165, 1.54) is 6.08 Å². The first-order valence-electron chi connectivity index (χ1n) is 10.8. The lowest BCUT2D eigenvalue weighted by Crippen LogP contribution is -2.56. The number of benzene rings is 1. The van der Waals surface area contributed by atoms with Gasteiger partial charge in [-0.2, -0.15) is 0 Å². The lowest BCUT2D eigenvalue weighted by molar-refractivity contribution is -0.127. The molecule has 1 aromatic carbocycles. The molecular weight excluding hydrogens is 428 g/mol. The van der Waals surface area contributed by atoms with Crippen molar-refractivity contribution >= 4 is 17.7 Å². The minimum atomic E-state index is -1.28. The quantitative estimate of drug-likeness (QED) is 0.259. The molecule has 3 amide bonds. The van der Waals surface area contributed by atoms with Crippen LogP contribution in [-0.4, -0.2) is 72.4 Å². The Morgan fingerprint density at radius 1 is 1.18 bits per heavy atom. The highest BCUT2D eigenvalue weighted by molar-refractivity contribution is 5.97. The van der Waals surface area contributed by atoms with Gasteiger partial charge in [0.25, 0.3) is 0 Å². The number of primary amides is 1. The molecule has 5 unspecified atom stereocenters. The highest BCUT2D eigenvalue weighted by atomic mass is 16.5. The molecule has 0 fully saturated rings. The number of ether oxygens (including phenoxy) is 1. The fourth-order valence-corrected chi connectivity index (χ4v) is 3.76. The van der Waals surface area contributed by atoms with Gasteiger partial charge in [0.05, 0.1) is 25.3 Å². The maximum absolute atomic E-state index is 12.9. The number of aliphatic hydroxyl groups excluding tert-OH is 2. The summed E-state index contributed by atoms with van der Waals surface area (Å²) in [7, 11) is 3.19. The van der Waals surface area contributed by atoms with E-state index in [1.807, 2.05) is 13.8 Å². The molecule has 0 aromatic heterocycles. The van der Waals surface area contributed by atoms with Gasteiger partial charge in [0.2, 0.25) is 17.7 Å². The predicted molar refractivity (Wildman–Crippen MR) is 122 cm³/mol. The molecule has 1 aliphatic rings. The lowest BCUT2D eigenvalue weighted by atomic mass is 9.89. The zero-order valence-electron chi connectivity index (χ0n) is 19.4. The zero-order valence-corrected chi connectivity index (χ0v) is 19.4. The Kier molecular flexibility index (Phi) is 9.39. The van der Waals surface area contributed by atoms with E-state index in [9.17, 15) is 24.6 Å². The van der Waals surface area contributed by atoms with Crippen LogP contribution in [0, 0.1) is 5.92 Å². The number of nitrogens with two attached hydrogens (primary N) is 1. The molecule has 0 bridgehead atoms. The summed E-state index contributed by atoms with van der Waals surface area (Å²) in [6.07, 6.45) is -1.10. The van der Waals surface area contributed by atoms with Gasteiger partial charge in [-0.1, -0.05) is 32.1 Å². The van der Waals surface area contributed by atoms with Crippen LogP contribution < -0.4 is 26.4 Å². The topological polar surface area (TPSA) is 163 Å². The summed E-state index contributed by atoms with van der Waals surface area (Å²) in [6, 6.07) is 4.53. The second-order valence-corrected chi connectivity index (χ2v) is 8.48. The number of aliphatic hydroxyl groups is 2. The molecule has 10 heteroatoms. The maximum atomic E-state index is 12.9. The third-order valence-electron chi connectivity index (χ3n) is 5.68. The van der Waals surface area contributed by atoms with E-state index in [0.29, 0.717) is 5.75 Å². The second-order valence-electron chi connectivity index (χ2n) is 8.48. The van der Waals surface area contributed by atoms with Gasteiger partial charge < -0.3 is 36.6 Å². The number of rotatable bonds is 10. The van der Waals surface area contributed by atoms with Crippen molar-refractivity contribution in [2.45, 2.75) is 57.0 Å². The van der Waals surface area contributed by atoms with Crippen LogP contribution in [0.25, 0.3) is 0 Å². The fraction of sp³-hybridized carbons (Fsp3) is 0.522. The predicted octanol–water partition coefficient (Wildman–Crippen LogP) is -1.01. The summed E-state index contributed by atoms with van der Waals surface area (Å²) in [4.78, 5) is 37.4. The Balaban J connectivity index is 2.14. The van der Waals surface area contributed by atoms with Crippen LogP contribution in [0.3, 0.4) is 0 Å². The van der Waals surface area contributed by atoms with Crippen molar-refractivity contribution in [3.63, 3.8) is 0 Å². The van der Waals surface area contributed by atoms with E-state index in [-0.39, 0.29) is 30.2 Å². The van der Waals surface area contributed by atoms with Crippen molar-refractivity contribution in [3.05, 3.63) is 41.5 Å². The number of nitrogens with one attached hydrogen (secondary N) is 3. The normalized spacial score (nSPS) is 22.2. The van der Waals surface area contributed by atoms with Crippen LogP contribution in [0.5, 0.6) is 5.75 Å². The van der Waals surface area contributed by atoms with Crippen LogP contribution in [0.4, 0.5) is 0 Å². The largest absolute Gasteiger partial charge is 0.497 e. The summed E-state index contributed by atoms with van der Waals surface area (Å²) in [6.45, 7) is 3.74. The van der Waals surface area contributed by atoms with E-state index < -0.39 is 42.1 Å². The van der Waals surface area contributed by atoms with Gasteiger partial charge in [0.15, 0.2) is 0 Å². The molecule has 0 heterocycles. The average Bonchev–Trinajstić information content (AvgIpc) is 2.76. The van der Waals surface area contributed by atoms with Crippen LogP contribution >= 0.6 is 0 Å². The van der Waals surface area contributed by atoms with Crippen molar-refractivity contribution in [1.29, 1.82) is 0 Å². The van der Waals surface area contributed by atoms with Gasteiger partial charge in [-0.15, -0.1) is 0 Å². The van der Waals surface area contributed by atoms with Crippen LogP contribution in [0.2, 0.25) is 0 Å². The number of amides is 3. The smallest absolute Gasteiger partial charge is 0.247 e. The molecule has 10 nitrogen and oxygen atoms in total. The number of carbonyl (C=O) groups is 3. The minimum absolute atomic E-state index is 0.0123. The van der Waals surface area contributed by atoms with E-state index in [2.05, 4.69) is 16.0 Å². The zero-order chi connectivity index (χ0) is 24.7. The molecule has 7 N–H and O–H groups in total. The van der Waals surface area contributed by atoms with Gasteiger partial charge in [0.1, 0.15) is 17.9 Å². The standard InChI is InChI=1S/C23H34N4O6/c1-12(2)19(25-3)23(32)26-16-10-14(11-18(28)20(16)29)22(31)27-17(21(24)30)9-13-5-7-15(33-4)8-6-13/h5-8,10,12,16-20,25,28-29H,9,11H2,1-4H3,(H2,24,30)(H,26,32)(H,27,31). The summed E-state index contributed by atoms with van der Waals surface area (Å²) in [5.41, 5.74) is 6.40. The first-order valence-corrected chi connectivity index (χ1v) is 10.8. The van der Waals surface area contributed by atoms with E-state index >= 15 is 0 Å². The van der Waals surface area contributed by atoms with Crippen molar-refractivity contribution in [2.75, 3.05) is 14.2 Å². The Bertz CT molecular complexity index is 870. The summed E-state index contributed by atoms with van der Waals surface area (Å²) in [5.74, 6) is -1.04. The number of carbonyl (C=O) groups excluding carboxylic acids is 3. The number of hydrogen-bond acceptors (Lipinski definition) is 7. The molecule has 33 heavy (non-hydrogen) atoms. The Morgan fingerprint density at radius 3 is 2.33 bits per heavy atom.